The van der Waals surface area contributed by atoms with Crippen molar-refractivity contribution in [3.05, 3.63) is 91.9 Å². The molecule has 14 nitrogen and oxygen atoms in total. The Balaban J connectivity index is 0.000000226. The average Bonchev–Trinajstić information content (AvgIpc) is 4.15. The van der Waals surface area contributed by atoms with Gasteiger partial charge in [0.05, 0.1) is 35.0 Å². The predicted molar refractivity (Wildman–Crippen MR) is 241 cm³/mol. The fraction of sp³-hybridized carbons (Fsp3) is 0.350. The SMILES string of the molecule is C.C.CCc1ccc(OC)c(S(=O)(=O)Nc2noc3ccc(Br)c(Cl)c23)c1.CCc1ccc(OC)c(S(=O)(=O)Nc2noc3ccc(C4CC4)c(Cl)c23)c1.OB(O)C1CC1. The second-order valence-corrected chi connectivity index (χ2v) is 18.5. The molecule has 0 spiro atoms. The van der Waals surface area contributed by atoms with E-state index in [0.29, 0.717) is 55.2 Å². The van der Waals surface area contributed by atoms with Crippen LogP contribution in [0.1, 0.15) is 77.0 Å². The molecule has 8 rings (SSSR count). The van der Waals surface area contributed by atoms with Gasteiger partial charge in [0.2, 0.25) is 0 Å². The van der Waals surface area contributed by atoms with Crippen molar-refractivity contribution in [1.82, 2.24) is 10.3 Å². The van der Waals surface area contributed by atoms with Crippen LogP contribution < -0.4 is 18.9 Å². The van der Waals surface area contributed by atoms with Gasteiger partial charge >= 0.3 is 7.12 Å². The first-order chi connectivity index (χ1) is 27.6. The molecule has 60 heavy (non-hydrogen) atoms. The van der Waals surface area contributed by atoms with E-state index in [9.17, 15) is 16.8 Å². The molecule has 4 aromatic carbocycles. The molecule has 2 aliphatic carbocycles. The third kappa shape index (κ3) is 10.9. The summed E-state index contributed by atoms with van der Waals surface area (Å²) in [6.45, 7) is 3.89. The Kier molecular flexibility index (Phi) is 16.4. The van der Waals surface area contributed by atoms with Crippen LogP contribution in [0.2, 0.25) is 15.9 Å². The molecule has 0 unspecified atom stereocenters. The largest absolute Gasteiger partial charge is 0.495 e. The summed E-state index contributed by atoms with van der Waals surface area (Å²) >= 11 is 16.1. The summed E-state index contributed by atoms with van der Waals surface area (Å²) in [5.74, 6) is 1.24. The van der Waals surface area contributed by atoms with Crippen LogP contribution >= 0.6 is 39.1 Å². The highest BCUT2D eigenvalue weighted by atomic mass is 79.9. The predicted octanol–water partition coefficient (Wildman–Crippen LogP) is 10.2. The smallest absolute Gasteiger partial charge is 0.454 e. The van der Waals surface area contributed by atoms with Gasteiger partial charge in [-0.3, -0.25) is 9.44 Å². The van der Waals surface area contributed by atoms with E-state index < -0.39 is 27.2 Å². The summed E-state index contributed by atoms with van der Waals surface area (Å²) in [4.78, 5) is 0.0755. The monoisotopic (exact) mass is 968 g/mol. The van der Waals surface area contributed by atoms with Crippen molar-refractivity contribution in [1.29, 1.82) is 0 Å². The highest BCUT2D eigenvalue weighted by molar-refractivity contribution is 9.10. The van der Waals surface area contributed by atoms with Gasteiger partial charge in [-0.05, 0) is 113 Å². The van der Waals surface area contributed by atoms with Gasteiger partial charge in [-0.25, -0.2) is 16.8 Å². The average molecular weight is 971 g/mol. The number of hydrogen-bond donors (Lipinski definition) is 4. The number of anilines is 2. The number of ether oxygens (including phenoxy) is 2. The summed E-state index contributed by atoms with van der Waals surface area (Å²) in [5.41, 5.74) is 3.57. The van der Waals surface area contributed by atoms with Gasteiger partial charge in [0.1, 0.15) is 21.3 Å². The fourth-order valence-electron chi connectivity index (χ4n) is 5.89. The van der Waals surface area contributed by atoms with E-state index >= 15 is 0 Å². The highest BCUT2D eigenvalue weighted by Crippen LogP contribution is 2.47. The first-order valence-electron chi connectivity index (χ1n) is 18.2. The van der Waals surface area contributed by atoms with Crippen molar-refractivity contribution in [2.75, 3.05) is 23.7 Å². The summed E-state index contributed by atoms with van der Waals surface area (Å²) in [7, 11) is -6.08. The van der Waals surface area contributed by atoms with Crippen molar-refractivity contribution >= 4 is 99.9 Å². The van der Waals surface area contributed by atoms with E-state index in [2.05, 4.69) is 35.7 Å². The van der Waals surface area contributed by atoms with E-state index in [1.165, 1.54) is 14.2 Å². The normalized spacial score (nSPS) is 13.5. The molecule has 2 aliphatic rings. The van der Waals surface area contributed by atoms with E-state index in [1.807, 2.05) is 32.0 Å². The second-order valence-electron chi connectivity index (χ2n) is 13.6. The van der Waals surface area contributed by atoms with Crippen molar-refractivity contribution in [3.63, 3.8) is 0 Å². The lowest BCUT2D eigenvalue weighted by Crippen LogP contribution is -2.15. The topological polar surface area (TPSA) is 203 Å². The third-order valence-electron chi connectivity index (χ3n) is 9.51. The number of benzene rings is 4. The molecule has 0 aliphatic heterocycles. The van der Waals surface area contributed by atoms with Crippen LogP contribution in [0.3, 0.4) is 0 Å². The molecule has 0 saturated heterocycles. The Morgan fingerprint density at radius 3 is 1.57 bits per heavy atom. The number of rotatable bonds is 12. The molecular formula is C40H48BBrCl2N4O10S2. The Labute approximate surface area is 369 Å². The van der Waals surface area contributed by atoms with Gasteiger partial charge in [-0.15, -0.1) is 0 Å². The van der Waals surface area contributed by atoms with Crippen molar-refractivity contribution < 1.29 is 45.4 Å². The molecule has 2 saturated carbocycles. The number of aryl methyl sites for hydroxylation is 2. The van der Waals surface area contributed by atoms with Crippen LogP contribution in [-0.2, 0) is 32.9 Å². The minimum Gasteiger partial charge on any atom is -0.495 e. The van der Waals surface area contributed by atoms with Crippen LogP contribution in [0.25, 0.3) is 21.9 Å². The lowest BCUT2D eigenvalue weighted by atomic mass is 9.84. The molecule has 20 heteroatoms. The van der Waals surface area contributed by atoms with Crippen molar-refractivity contribution in [2.24, 2.45) is 0 Å². The van der Waals surface area contributed by atoms with Crippen LogP contribution in [0.4, 0.5) is 11.6 Å². The number of halogens is 3. The van der Waals surface area contributed by atoms with Crippen molar-refractivity contribution in [2.45, 2.75) is 88.8 Å². The molecule has 4 N–H and O–H groups in total. The van der Waals surface area contributed by atoms with Crippen LogP contribution in [0, 0.1) is 0 Å². The number of sulfonamides is 2. The van der Waals surface area contributed by atoms with Gasteiger partial charge < -0.3 is 28.6 Å². The number of hydrogen-bond acceptors (Lipinski definition) is 12. The van der Waals surface area contributed by atoms with E-state index in [4.69, 9.17) is 51.8 Å². The summed E-state index contributed by atoms with van der Waals surface area (Å²) in [5, 5.41) is 25.8. The third-order valence-corrected chi connectivity index (χ3v) is 13.9. The van der Waals surface area contributed by atoms with Crippen LogP contribution in [-0.4, -0.2) is 58.5 Å². The number of fused-ring (bicyclic) bond motifs is 2. The van der Waals surface area contributed by atoms with E-state index in [0.717, 1.165) is 42.4 Å². The number of methoxy groups -OCH3 is 2. The standard InChI is InChI=1S/C19H19ClN2O4S.C16H14BrClN2O4S.C3H7BO2.2CH4/c1-3-11-4-8-14(25-2)16(10-11)27(23,24)22-19-17-15(26-21-19)9-7-13(18(17)20)12-5-6-12;1-3-9-4-6-11(23-2)13(8-9)25(21,22)20-16-14-12(24-19-16)7-5-10(17)15(14)18;5-4(6)3-1-2-3;;/h4,7-10,12H,3,5-6H2,1-2H3,(H,21,22);4-8H,3H2,1-2H3,(H,19,20);3,5-6H,1-2H2;2*1H4. The lowest BCUT2D eigenvalue weighted by molar-refractivity contribution is 0.402. The fourth-order valence-corrected chi connectivity index (χ4v) is 9.32. The second kappa shape index (κ2) is 20.2. The molecule has 2 fully saturated rings. The maximum Gasteiger partial charge on any atom is 0.454 e. The maximum atomic E-state index is 13.0. The minimum atomic E-state index is -3.95. The van der Waals surface area contributed by atoms with Gasteiger partial charge in [0, 0.05) is 4.47 Å². The molecule has 0 amide bonds. The Hall–Kier alpha value is -4.04. The summed E-state index contributed by atoms with van der Waals surface area (Å²) in [6.07, 6.45) is 5.56. The maximum absolute atomic E-state index is 13.0. The molecule has 0 atom stereocenters. The Morgan fingerprint density at radius 2 is 1.18 bits per heavy atom. The first-order valence-corrected chi connectivity index (χ1v) is 22.7. The van der Waals surface area contributed by atoms with Gasteiger partial charge in [0.25, 0.3) is 20.0 Å². The Morgan fingerprint density at radius 1 is 0.733 bits per heavy atom. The van der Waals surface area contributed by atoms with E-state index in [-0.39, 0.29) is 53.6 Å². The zero-order valence-corrected chi connectivity index (χ0v) is 36.5. The Bertz CT molecular complexity index is 2670. The molecule has 2 heterocycles. The zero-order valence-electron chi connectivity index (χ0n) is 31.8. The summed E-state index contributed by atoms with van der Waals surface area (Å²) < 4.78 is 78.2. The lowest BCUT2D eigenvalue weighted by Gasteiger charge is -2.12. The molecule has 6 aromatic rings. The molecule has 2 aromatic heterocycles. The quantitative estimate of drug-likeness (QED) is 0.0847. The number of nitrogens with one attached hydrogen (secondary N) is 2. The number of nitrogens with zero attached hydrogens (tertiary/aromatic N) is 2. The van der Waals surface area contributed by atoms with Crippen LogP contribution in [0.5, 0.6) is 11.5 Å². The highest BCUT2D eigenvalue weighted by Gasteiger charge is 2.33. The molecular weight excluding hydrogens is 922 g/mol. The summed E-state index contributed by atoms with van der Waals surface area (Å²) in [6, 6.07) is 17.1. The van der Waals surface area contributed by atoms with Crippen molar-refractivity contribution in [3.8, 4) is 11.5 Å². The van der Waals surface area contributed by atoms with Gasteiger partial charge in [-0.2, -0.15) is 0 Å². The van der Waals surface area contributed by atoms with Crippen LogP contribution in [0.15, 0.2) is 84.0 Å². The molecule has 0 radical (unpaired) electrons. The van der Waals surface area contributed by atoms with Gasteiger partial charge in [0.15, 0.2) is 22.8 Å². The minimum absolute atomic E-state index is 0. The first kappa shape index (κ1) is 48.6. The van der Waals surface area contributed by atoms with Gasteiger partial charge in [-0.1, -0.05) is 93.3 Å². The molecule has 324 valence electrons. The number of aromatic nitrogens is 2. The molecule has 0 bridgehead atoms. The zero-order chi connectivity index (χ0) is 41.9. The van der Waals surface area contributed by atoms with E-state index in [1.54, 1.807) is 42.5 Å².